The van der Waals surface area contributed by atoms with Crippen molar-refractivity contribution in [3.63, 3.8) is 0 Å². The number of carboxylic acid groups (broad SMARTS) is 1. The minimum Gasteiger partial charge on any atom is -0.493 e. The number of nitrogen functional groups attached to an aromatic ring is 1. The minimum absolute atomic E-state index is 0.362. The fourth-order valence-electron chi connectivity index (χ4n) is 2.63. The van der Waals surface area contributed by atoms with E-state index in [2.05, 4.69) is 4.98 Å². The normalized spacial score (nSPS) is 12.0. The highest BCUT2D eigenvalue weighted by Crippen LogP contribution is 2.28. The molecule has 7 heteroatoms. The van der Waals surface area contributed by atoms with Gasteiger partial charge in [-0.1, -0.05) is 12.1 Å². The zero-order valence-electron chi connectivity index (χ0n) is 14.6. The Morgan fingerprint density at radius 2 is 1.96 bits per heavy atom. The minimum atomic E-state index is -0.929. The summed E-state index contributed by atoms with van der Waals surface area (Å²) in [5.41, 5.74) is 7.20. The number of likely N-dealkylation sites (N-methyl/N-ethyl adjacent to an activating group) is 1. The molecule has 2 rings (SSSR count). The number of rotatable bonds is 8. The number of hydrogen-bond donors (Lipinski definition) is 2. The Balaban J connectivity index is 2.10. The molecule has 1 unspecified atom stereocenters. The van der Waals surface area contributed by atoms with Crippen LogP contribution < -0.4 is 15.2 Å². The van der Waals surface area contributed by atoms with Gasteiger partial charge in [-0.25, -0.2) is 4.98 Å². The van der Waals surface area contributed by atoms with Crippen molar-refractivity contribution in [1.82, 2.24) is 9.88 Å². The van der Waals surface area contributed by atoms with E-state index in [0.717, 1.165) is 5.56 Å². The monoisotopic (exact) mass is 345 g/mol. The Kier molecular flexibility index (Phi) is 6.19. The number of nitrogens with zero attached hydrogens (tertiary/aromatic N) is 2. The molecule has 0 saturated heterocycles. The SMILES string of the molecule is COc1ccc(CCN(C)C(C(=O)O)c2ccc(N)nc2)cc1OC. The second-order valence-electron chi connectivity index (χ2n) is 5.68. The van der Waals surface area contributed by atoms with Gasteiger partial charge in [-0.05, 0) is 42.8 Å². The molecule has 0 aliphatic rings. The van der Waals surface area contributed by atoms with Gasteiger partial charge >= 0.3 is 5.97 Å². The molecule has 1 aromatic carbocycles. The summed E-state index contributed by atoms with van der Waals surface area (Å²) in [5, 5.41) is 9.58. The van der Waals surface area contributed by atoms with Crippen LogP contribution in [-0.2, 0) is 11.2 Å². The topological polar surface area (TPSA) is 97.9 Å². The van der Waals surface area contributed by atoms with Crippen molar-refractivity contribution in [1.29, 1.82) is 0 Å². The lowest BCUT2D eigenvalue weighted by molar-refractivity contribution is -0.143. The molecule has 1 heterocycles. The molecule has 0 spiro atoms. The zero-order chi connectivity index (χ0) is 18.4. The smallest absolute Gasteiger partial charge is 0.325 e. The van der Waals surface area contributed by atoms with E-state index in [0.29, 0.717) is 35.8 Å². The van der Waals surface area contributed by atoms with E-state index < -0.39 is 12.0 Å². The molecule has 0 aliphatic heterocycles. The molecule has 3 N–H and O–H groups in total. The van der Waals surface area contributed by atoms with Gasteiger partial charge in [0, 0.05) is 12.7 Å². The lowest BCUT2D eigenvalue weighted by Gasteiger charge is -2.25. The van der Waals surface area contributed by atoms with E-state index in [4.69, 9.17) is 15.2 Å². The maximum atomic E-state index is 11.7. The van der Waals surface area contributed by atoms with Gasteiger partial charge in [0.15, 0.2) is 11.5 Å². The Morgan fingerprint density at radius 3 is 2.52 bits per heavy atom. The van der Waals surface area contributed by atoms with Crippen molar-refractivity contribution in [2.45, 2.75) is 12.5 Å². The average molecular weight is 345 g/mol. The summed E-state index contributed by atoms with van der Waals surface area (Å²) in [6.45, 7) is 0.552. The van der Waals surface area contributed by atoms with Crippen LogP contribution in [0, 0.1) is 0 Å². The summed E-state index contributed by atoms with van der Waals surface area (Å²) in [6, 6.07) is 8.19. The molecule has 0 fully saturated rings. The Bertz CT molecular complexity index is 719. The lowest BCUT2D eigenvalue weighted by atomic mass is 10.1. The van der Waals surface area contributed by atoms with Gasteiger partial charge in [-0.15, -0.1) is 0 Å². The number of methoxy groups -OCH3 is 2. The molecular weight excluding hydrogens is 322 g/mol. The molecule has 134 valence electrons. The fourth-order valence-corrected chi connectivity index (χ4v) is 2.63. The molecule has 1 aromatic heterocycles. The van der Waals surface area contributed by atoms with Crippen LogP contribution >= 0.6 is 0 Å². The lowest BCUT2D eigenvalue weighted by Crippen LogP contribution is -2.32. The highest BCUT2D eigenvalue weighted by Gasteiger charge is 2.24. The summed E-state index contributed by atoms with van der Waals surface area (Å²) in [7, 11) is 4.95. The number of carboxylic acids is 1. The average Bonchev–Trinajstić information content (AvgIpc) is 2.61. The van der Waals surface area contributed by atoms with Crippen molar-refractivity contribution >= 4 is 11.8 Å². The third kappa shape index (κ3) is 4.60. The Hall–Kier alpha value is -2.80. The summed E-state index contributed by atoms with van der Waals surface area (Å²) in [6.07, 6.45) is 2.17. The molecule has 0 saturated carbocycles. The first-order valence-electron chi connectivity index (χ1n) is 7.81. The summed E-state index contributed by atoms with van der Waals surface area (Å²) in [4.78, 5) is 17.4. The molecule has 0 radical (unpaired) electrons. The van der Waals surface area contributed by atoms with Crippen LogP contribution in [0.25, 0.3) is 0 Å². The molecule has 2 aromatic rings. The van der Waals surface area contributed by atoms with Gasteiger partial charge in [0.05, 0.1) is 14.2 Å². The molecule has 0 bridgehead atoms. The van der Waals surface area contributed by atoms with Crippen LogP contribution in [0.1, 0.15) is 17.2 Å². The van der Waals surface area contributed by atoms with Crippen LogP contribution in [0.2, 0.25) is 0 Å². The predicted octanol–water partition coefficient (Wildman–Crippen LogP) is 1.98. The third-order valence-electron chi connectivity index (χ3n) is 4.00. The number of pyridine rings is 1. The molecule has 1 atom stereocenters. The van der Waals surface area contributed by atoms with Gasteiger partial charge in [0.25, 0.3) is 0 Å². The van der Waals surface area contributed by atoms with Gasteiger partial charge in [0.2, 0.25) is 0 Å². The van der Waals surface area contributed by atoms with Crippen LogP contribution in [0.15, 0.2) is 36.5 Å². The van der Waals surface area contributed by atoms with E-state index in [1.165, 1.54) is 6.20 Å². The molecular formula is C18H23N3O4. The van der Waals surface area contributed by atoms with Gasteiger partial charge in [-0.2, -0.15) is 0 Å². The van der Waals surface area contributed by atoms with Crippen molar-refractivity contribution < 1.29 is 19.4 Å². The number of benzene rings is 1. The number of hydrogen-bond acceptors (Lipinski definition) is 6. The van der Waals surface area contributed by atoms with E-state index in [-0.39, 0.29) is 0 Å². The second-order valence-corrected chi connectivity index (χ2v) is 5.68. The van der Waals surface area contributed by atoms with Crippen molar-refractivity contribution in [2.24, 2.45) is 0 Å². The van der Waals surface area contributed by atoms with Crippen LogP contribution in [0.5, 0.6) is 11.5 Å². The highest BCUT2D eigenvalue weighted by molar-refractivity contribution is 5.75. The maximum Gasteiger partial charge on any atom is 0.325 e. The first-order valence-corrected chi connectivity index (χ1v) is 7.81. The Labute approximate surface area is 147 Å². The Morgan fingerprint density at radius 1 is 1.24 bits per heavy atom. The molecule has 25 heavy (non-hydrogen) atoms. The molecule has 0 aliphatic carbocycles. The largest absolute Gasteiger partial charge is 0.493 e. The molecule has 0 amide bonds. The third-order valence-corrected chi connectivity index (χ3v) is 4.00. The van der Waals surface area contributed by atoms with Crippen LogP contribution in [-0.4, -0.2) is 48.8 Å². The number of aromatic nitrogens is 1. The predicted molar refractivity (Wildman–Crippen MR) is 94.9 cm³/mol. The zero-order valence-corrected chi connectivity index (χ0v) is 14.6. The second kappa shape index (κ2) is 8.34. The fraction of sp³-hybridized carbons (Fsp3) is 0.333. The van der Waals surface area contributed by atoms with E-state index in [1.54, 1.807) is 38.3 Å². The van der Waals surface area contributed by atoms with Gasteiger partial charge in [-0.3, -0.25) is 9.69 Å². The standard InChI is InChI=1S/C18H23N3O4/c1-21(17(18(22)23)13-5-7-16(19)20-11-13)9-8-12-4-6-14(24-2)15(10-12)25-3/h4-7,10-11,17H,8-9H2,1-3H3,(H2,19,20)(H,22,23). The number of ether oxygens (including phenoxy) is 2. The number of carbonyl (C=O) groups is 1. The number of anilines is 1. The summed E-state index contributed by atoms with van der Waals surface area (Å²) < 4.78 is 10.5. The highest BCUT2D eigenvalue weighted by atomic mass is 16.5. The van der Waals surface area contributed by atoms with Crippen molar-refractivity contribution in [2.75, 3.05) is 33.5 Å². The summed E-state index contributed by atoms with van der Waals surface area (Å²) >= 11 is 0. The number of nitrogens with two attached hydrogens (primary N) is 1. The van der Waals surface area contributed by atoms with Crippen LogP contribution in [0.4, 0.5) is 5.82 Å². The molecule has 7 nitrogen and oxygen atoms in total. The van der Waals surface area contributed by atoms with E-state index in [9.17, 15) is 9.90 Å². The van der Waals surface area contributed by atoms with Gasteiger partial charge in [0.1, 0.15) is 11.9 Å². The van der Waals surface area contributed by atoms with Crippen LogP contribution in [0.3, 0.4) is 0 Å². The number of aliphatic carboxylic acids is 1. The van der Waals surface area contributed by atoms with Gasteiger partial charge < -0.3 is 20.3 Å². The summed E-state index contributed by atoms with van der Waals surface area (Å²) in [5.74, 6) is 0.749. The van der Waals surface area contributed by atoms with E-state index in [1.807, 2.05) is 18.2 Å². The van der Waals surface area contributed by atoms with Crippen molar-refractivity contribution in [3.05, 3.63) is 47.7 Å². The van der Waals surface area contributed by atoms with Crippen molar-refractivity contribution in [3.8, 4) is 11.5 Å². The maximum absolute atomic E-state index is 11.7. The quantitative estimate of drug-likeness (QED) is 0.755. The first-order chi connectivity index (χ1) is 12.0. The first kappa shape index (κ1) is 18.5. The van der Waals surface area contributed by atoms with E-state index >= 15 is 0 Å².